The molecule has 86 valence electrons. The van der Waals surface area contributed by atoms with Gasteiger partial charge < -0.3 is 10.5 Å². The van der Waals surface area contributed by atoms with E-state index in [1.165, 1.54) is 5.56 Å². The molecule has 0 heterocycles. The lowest BCUT2D eigenvalue weighted by Crippen LogP contribution is -2.09. The molecule has 0 radical (unpaired) electrons. The van der Waals surface area contributed by atoms with E-state index < -0.39 is 0 Å². The van der Waals surface area contributed by atoms with Gasteiger partial charge in [0.1, 0.15) is 5.75 Å². The molecule has 0 fully saturated rings. The van der Waals surface area contributed by atoms with E-state index in [4.69, 9.17) is 10.5 Å². The van der Waals surface area contributed by atoms with Crippen molar-refractivity contribution >= 4 is 12.4 Å². The Balaban J connectivity index is 0.00000196. The van der Waals surface area contributed by atoms with Crippen LogP contribution in [0.3, 0.4) is 0 Å². The molecule has 3 heteroatoms. The Morgan fingerprint density at radius 3 is 2.53 bits per heavy atom. The molecule has 0 unspecified atom stereocenters. The molecule has 1 atom stereocenters. The fraction of sp³-hybridized carbons (Fsp3) is 0.500. The number of nitrogens with two attached hydrogens (primary N) is 1. The molecule has 0 saturated carbocycles. The van der Waals surface area contributed by atoms with Crippen molar-refractivity contribution in [3.63, 3.8) is 0 Å². The normalized spacial score (nSPS) is 11.7. The van der Waals surface area contributed by atoms with Crippen molar-refractivity contribution in [2.75, 3.05) is 7.11 Å². The minimum Gasteiger partial charge on any atom is -0.496 e. The standard InChI is InChI=1S/C12H19NO.ClH/c1-4-5-11(13)10-6-7-12(14-3)9(2)8-10;/h6-8,11H,4-5,13H2,1-3H3;1H/t11-;/m1./s1. The van der Waals surface area contributed by atoms with Crippen LogP contribution in [0.4, 0.5) is 0 Å². The second-order valence-electron chi connectivity index (χ2n) is 3.62. The zero-order chi connectivity index (χ0) is 10.6. The van der Waals surface area contributed by atoms with Crippen molar-refractivity contribution in [1.82, 2.24) is 0 Å². The molecule has 0 amide bonds. The fourth-order valence-electron chi connectivity index (χ4n) is 1.61. The molecular formula is C12H20ClNO. The molecule has 2 N–H and O–H groups in total. The van der Waals surface area contributed by atoms with E-state index >= 15 is 0 Å². The monoisotopic (exact) mass is 229 g/mol. The average molecular weight is 230 g/mol. The van der Waals surface area contributed by atoms with E-state index in [1.807, 2.05) is 19.1 Å². The number of rotatable bonds is 4. The van der Waals surface area contributed by atoms with Crippen molar-refractivity contribution in [3.05, 3.63) is 29.3 Å². The minimum atomic E-state index is 0. The summed E-state index contributed by atoms with van der Waals surface area (Å²) in [6.45, 7) is 4.19. The number of benzene rings is 1. The van der Waals surface area contributed by atoms with Gasteiger partial charge in [-0.15, -0.1) is 12.4 Å². The topological polar surface area (TPSA) is 35.2 Å². The van der Waals surface area contributed by atoms with E-state index in [0.29, 0.717) is 0 Å². The van der Waals surface area contributed by atoms with Crippen LogP contribution in [-0.4, -0.2) is 7.11 Å². The van der Waals surface area contributed by atoms with Gasteiger partial charge in [-0.05, 0) is 30.5 Å². The van der Waals surface area contributed by atoms with E-state index in [2.05, 4.69) is 13.0 Å². The van der Waals surface area contributed by atoms with Gasteiger partial charge in [0, 0.05) is 6.04 Å². The third-order valence-electron chi connectivity index (χ3n) is 2.45. The molecule has 0 spiro atoms. The summed E-state index contributed by atoms with van der Waals surface area (Å²) in [6.07, 6.45) is 2.15. The third-order valence-corrected chi connectivity index (χ3v) is 2.45. The maximum absolute atomic E-state index is 6.03. The van der Waals surface area contributed by atoms with Gasteiger partial charge in [-0.3, -0.25) is 0 Å². The molecule has 1 aromatic rings. The fourth-order valence-corrected chi connectivity index (χ4v) is 1.61. The van der Waals surface area contributed by atoms with Gasteiger partial charge in [-0.2, -0.15) is 0 Å². The number of ether oxygens (including phenoxy) is 1. The van der Waals surface area contributed by atoms with E-state index in [-0.39, 0.29) is 18.4 Å². The van der Waals surface area contributed by atoms with Gasteiger partial charge >= 0.3 is 0 Å². The SMILES string of the molecule is CCC[C@@H](N)c1ccc(OC)c(C)c1.Cl. The van der Waals surface area contributed by atoms with E-state index in [1.54, 1.807) is 7.11 Å². The maximum atomic E-state index is 6.03. The molecule has 15 heavy (non-hydrogen) atoms. The molecular weight excluding hydrogens is 210 g/mol. The Morgan fingerprint density at radius 2 is 2.07 bits per heavy atom. The predicted molar refractivity (Wildman–Crippen MR) is 66.8 cm³/mol. The van der Waals surface area contributed by atoms with Crippen molar-refractivity contribution in [2.24, 2.45) is 5.73 Å². The van der Waals surface area contributed by atoms with Gasteiger partial charge in [-0.1, -0.05) is 25.5 Å². The second kappa shape index (κ2) is 6.70. The molecule has 0 aliphatic heterocycles. The smallest absolute Gasteiger partial charge is 0.121 e. The van der Waals surface area contributed by atoms with Crippen LogP contribution in [0.15, 0.2) is 18.2 Å². The minimum absolute atomic E-state index is 0. The number of aryl methyl sites for hydroxylation is 1. The highest BCUT2D eigenvalue weighted by Crippen LogP contribution is 2.23. The van der Waals surface area contributed by atoms with Crippen molar-refractivity contribution in [1.29, 1.82) is 0 Å². The van der Waals surface area contributed by atoms with Gasteiger partial charge in [0.25, 0.3) is 0 Å². The first-order valence-corrected chi connectivity index (χ1v) is 5.09. The maximum Gasteiger partial charge on any atom is 0.121 e. The van der Waals surface area contributed by atoms with Gasteiger partial charge in [0.05, 0.1) is 7.11 Å². The first-order chi connectivity index (χ1) is 6.69. The van der Waals surface area contributed by atoms with Crippen LogP contribution in [0.2, 0.25) is 0 Å². The largest absolute Gasteiger partial charge is 0.496 e. The van der Waals surface area contributed by atoms with Crippen LogP contribution in [-0.2, 0) is 0 Å². The quantitative estimate of drug-likeness (QED) is 0.861. The van der Waals surface area contributed by atoms with Crippen molar-refractivity contribution in [3.8, 4) is 5.75 Å². The van der Waals surface area contributed by atoms with Crippen LogP contribution in [0, 0.1) is 6.92 Å². The lowest BCUT2D eigenvalue weighted by atomic mass is 10.0. The van der Waals surface area contributed by atoms with Crippen LogP contribution < -0.4 is 10.5 Å². The second-order valence-corrected chi connectivity index (χ2v) is 3.62. The number of methoxy groups -OCH3 is 1. The number of halogens is 1. The summed E-state index contributed by atoms with van der Waals surface area (Å²) >= 11 is 0. The molecule has 0 saturated heterocycles. The molecule has 0 aliphatic rings. The highest BCUT2D eigenvalue weighted by molar-refractivity contribution is 5.85. The highest BCUT2D eigenvalue weighted by atomic mass is 35.5. The molecule has 0 aliphatic carbocycles. The zero-order valence-corrected chi connectivity index (χ0v) is 10.4. The highest BCUT2D eigenvalue weighted by Gasteiger charge is 2.06. The summed E-state index contributed by atoms with van der Waals surface area (Å²) in [4.78, 5) is 0. The lowest BCUT2D eigenvalue weighted by molar-refractivity contribution is 0.411. The molecule has 0 bridgehead atoms. The Bertz CT molecular complexity index is 302. The third kappa shape index (κ3) is 3.73. The van der Waals surface area contributed by atoms with Crippen LogP contribution in [0.25, 0.3) is 0 Å². The zero-order valence-electron chi connectivity index (χ0n) is 9.62. The van der Waals surface area contributed by atoms with Crippen molar-refractivity contribution < 1.29 is 4.74 Å². The Morgan fingerprint density at radius 1 is 1.40 bits per heavy atom. The summed E-state index contributed by atoms with van der Waals surface area (Å²) in [6, 6.07) is 6.30. The van der Waals surface area contributed by atoms with Crippen LogP contribution >= 0.6 is 12.4 Å². The predicted octanol–water partition coefficient (Wildman–Crippen LogP) is 3.23. The first-order valence-electron chi connectivity index (χ1n) is 5.09. The Kier molecular flexibility index (Phi) is 6.37. The van der Waals surface area contributed by atoms with Crippen LogP contribution in [0.1, 0.15) is 36.9 Å². The summed E-state index contributed by atoms with van der Waals surface area (Å²) in [5.41, 5.74) is 8.37. The molecule has 1 rings (SSSR count). The molecule has 2 nitrogen and oxygen atoms in total. The Labute approximate surface area is 98.2 Å². The summed E-state index contributed by atoms with van der Waals surface area (Å²) in [7, 11) is 1.69. The first kappa shape index (κ1) is 14.3. The van der Waals surface area contributed by atoms with Gasteiger partial charge in [0.15, 0.2) is 0 Å². The molecule has 0 aromatic heterocycles. The van der Waals surface area contributed by atoms with Gasteiger partial charge in [0.2, 0.25) is 0 Å². The average Bonchev–Trinajstić information content (AvgIpc) is 2.18. The van der Waals surface area contributed by atoms with E-state index in [0.717, 1.165) is 24.2 Å². The summed E-state index contributed by atoms with van der Waals surface area (Å²) in [5.74, 6) is 0.928. The molecule has 1 aromatic carbocycles. The van der Waals surface area contributed by atoms with Gasteiger partial charge in [-0.25, -0.2) is 0 Å². The Hall–Kier alpha value is -0.730. The summed E-state index contributed by atoms with van der Waals surface area (Å²) < 4.78 is 5.20. The van der Waals surface area contributed by atoms with Crippen molar-refractivity contribution in [2.45, 2.75) is 32.7 Å². The summed E-state index contributed by atoms with van der Waals surface area (Å²) in [5, 5.41) is 0. The van der Waals surface area contributed by atoms with E-state index in [9.17, 15) is 0 Å². The lowest BCUT2D eigenvalue weighted by Gasteiger charge is -2.13. The number of hydrogen-bond donors (Lipinski definition) is 1. The number of hydrogen-bond acceptors (Lipinski definition) is 2. The van der Waals surface area contributed by atoms with Crippen LogP contribution in [0.5, 0.6) is 5.75 Å².